The molecule has 0 fully saturated rings. The van der Waals surface area contributed by atoms with Crippen LogP contribution in [-0.4, -0.2) is 35.6 Å². The largest absolute Gasteiger partial charge is 0.478 e. The number of nitrogens with zero attached hydrogens (tertiary/aromatic N) is 1. The molecule has 0 aliphatic carbocycles. The number of aliphatic carboxylic acids is 1. The molecule has 0 rings (SSSR count). The molecule has 0 aromatic carbocycles. The van der Waals surface area contributed by atoms with E-state index in [0.29, 0.717) is 18.2 Å². The third-order valence-corrected chi connectivity index (χ3v) is 1.90. The predicted octanol–water partition coefficient (Wildman–Crippen LogP) is 1.36. The lowest BCUT2D eigenvalue weighted by atomic mass is 10.2. The van der Waals surface area contributed by atoms with Gasteiger partial charge in [-0.05, 0) is 27.8 Å². The van der Waals surface area contributed by atoms with Crippen LogP contribution in [-0.2, 0) is 4.79 Å². The Kier molecular flexibility index (Phi) is 4.59. The van der Waals surface area contributed by atoms with Crippen molar-refractivity contribution in [3.8, 4) is 0 Å². The van der Waals surface area contributed by atoms with Crippen molar-refractivity contribution in [2.24, 2.45) is 0 Å². The van der Waals surface area contributed by atoms with Gasteiger partial charge in [-0.2, -0.15) is 0 Å². The number of hydrogen-bond acceptors (Lipinski definition) is 2. The minimum absolute atomic E-state index is 0.405. The first-order valence-corrected chi connectivity index (χ1v) is 4.05. The first-order chi connectivity index (χ1) is 5.45. The third-order valence-electron chi connectivity index (χ3n) is 1.90. The summed E-state index contributed by atoms with van der Waals surface area (Å²) < 4.78 is 0. The van der Waals surface area contributed by atoms with Crippen molar-refractivity contribution >= 4 is 5.97 Å². The van der Waals surface area contributed by atoms with Gasteiger partial charge in [0.05, 0.1) is 0 Å². The Labute approximate surface area is 73.7 Å². The second-order valence-corrected chi connectivity index (χ2v) is 3.23. The zero-order chi connectivity index (χ0) is 9.72. The van der Waals surface area contributed by atoms with Gasteiger partial charge in [-0.3, -0.25) is 0 Å². The van der Waals surface area contributed by atoms with E-state index in [9.17, 15) is 4.79 Å². The van der Waals surface area contributed by atoms with Crippen LogP contribution in [0.15, 0.2) is 11.6 Å². The topological polar surface area (TPSA) is 40.5 Å². The van der Waals surface area contributed by atoms with E-state index in [2.05, 4.69) is 18.7 Å². The molecule has 0 aromatic rings. The fraction of sp³-hybridized carbons (Fsp3) is 0.667. The molecule has 0 spiro atoms. The molecule has 0 atom stereocenters. The van der Waals surface area contributed by atoms with E-state index in [1.807, 2.05) is 7.05 Å². The molecular weight excluding hydrogens is 154 g/mol. The molecule has 3 nitrogen and oxygen atoms in total. The summed E-state index contributed by atoms with van der Waals surface area (Å²) in [5, 5.41) is 8.55. The molecule has 3 heteroatoms. The number of likely N-dealkylation sites (N-methyl/N-ethyl adjacent to an activating group) is 1. The first kappa shape index (κ1) is 11.2. The second kappa shape index (κ2) is 4.93. The van der Waals surface area contributed by atoms with E-state index >= 15 is 0 Å². The lowest BCUT2D eigenvalue weighted by Crippen LogP contribution is -2.26. The van der Waals surface area contributed by atoms with Gasteiger partial charge in [0.25, 0.3) is 0 Å². The Hall–Kier alpha value is -0.830. The fourth-order valence-corrected chi connectivity index (χ4v) is 0.579. The van der Waals surface area contributed by atoms with Crippen molar-refractivity contribution in [3.05, 3.63) is 11.6 Å². The zero-order valence-corrected chi connectivity index (χ0v) is 8.16. The summed E-state index contributed by atoms with van der Waals surface area (Å²) in [5.74, 6) is -0.841. The van der Waals surface area contributed by atoms with Crippen LogP contribution in [0.2, 0.25) is 0 Å². The molecule has 0 heterocycles. The molecule has 0 bridgehead atoms. The molecule has 0 unspecified atom stereocenters. The van der Waals surface area contributed by atoms with E-state index in [1.54, 1.807) is 13.0 Å². The lowest BCUT2D eigenvalue weighted by molar-refractivity contribution is -0.132. The quantitative estimate of drug-likeness (QED) is 0.649. The van der Waals surface area contributed by atoms with E-state index in [4.69, 9.17) is 5.11 Å². The Morgan fingerprint density at radius 1 is 1.58 bits per heavy atom. The highest BCUT2D eigenvalue weighted by Crippen LogP contribution is 1.97. The Morgan fingerprint density at radius 2 is 2.08 bits per heavy atom. The van der Waals surface area contributed by atoms with Crippen molar-refractivity contribution in [2.45, 2.75) is 26.8 Å². The molecule has 0 saturated carbocycles. The number of rotatable bonds is 4. The smallest absolute Gasteiger partial charge is 0.330 e. The van der Waals surface area contributed by atoms with Gasteiger partial charge in [0.15, 0.2) is 0 Å². The van der Waals surface area contributed by atoms with Gasteiger partial charge >= 0.3 is 5.97 Å². The zero-order valence-electron chi connectivity index (χ0n) is 8.16. The van der Waals surface area contributed by atoms with Gasteiger partial charge in [0, 0.05) is 18.2 Å². The number of carboxylic acid groups (broad SMARTS) is 1. The Morgan fingerprint density at radius 3 is 2.42 bits per heavy atom. The Balaban J connectivity index is 3.96. The molecule has 0 amide bonds. The summed E-state index contributed by atoms with van der Waals surface area (Å²) in [6.45, 7) is 6.44. The molecule has 0 saturated heterocycles. The van der Waals surface area contributed by atoms with Crippen LogP contribution in [0.25, 0.3) is 0 Å². The van der Waals surface area contributed by atoms with Crippen molar-refractivity contribution in [1.82, 2.24) is 4.90 Å². The highest BCUT2D eigenvalue weighted by atomic mass is 16.4. The summed E-state index contributed by atoms with van der Waals surface area (Å²) in [6, 6.07) is 0.447. The number of hydrogen-bond donors (Lipinski definition) is 1. The van der Waals surface area contributed by atoms with Crippen molar-refractivity contribution < 1.29 is 9.90 Å². The molecular formula is C9H17NO2. The van der Waals surface area contributed by atoms with E-state index in [-0.39, 0.29) is 0 Å². The van der Waals surface area contributed by atoms with Gasteiger partial charge in [0.1, 0.15) is 0 Å². The van der Waals surface area contributed by atoms with Gasteiger partial charge in [-0.25, -0.2) is 4.79 Å². The summed E-state index contributed by atoms with van der Waals surface area (Å²) in [7, 11) is 1.97. The summed E-state index contributed by atoms with van der Waals surface area (Å²) in [5.41, 5.74) is 0.405. The molecule has 0 radical (unpaired) electrons. The summed E-state index contributed by atoms with van der Waals surface area (Å²) in [6.07, 6.45) is 1.72. The van der Waals surface area contributed by atoms with E-state index in [1.165, 1.54) is 0 Å². The predicted molar refractivity (Wildman–Crippen MR) is 49.2 cm³/mol. The van der Waals surface area contributed by atoms with Crippen LogP contribution in [0.5, 0.6) is 0 Å². The van der Waals surface area contributed by atoms with Crippen LogP contribution in [0.4, 0.5) is 0 Å². The average molecular weight is 171 g/mol. The first-order valence-electron chi connectivity index (χ1n) is 4.05. The van der Waals surface area contributed by atoms with Crippen LogP contribution < -0.4 is 0 Å². The van der Waals surface area contributed by atoms with Gasteiger partial charge < -0.3 is 10.0 Å². The molecule has 0 aromatic heterocycles. The van der Waals surface area contributed by atoms with Crippen LogP contribution in [0, 0.1) is 0 Å². The highest BCUT2D eigenvalue weighted by Gasteiger charge is 2.02. The number of carboxylic acids is 1. The maximum atomic E-state index is 10.4. The van der Waals surface area contributed by atoms with Crippen molar-refractivity contribution in [2.75, 3.05) is 13.6 Å². The third kappa shape index (κ3) is 4.13. The second-order valence-electron chi connectivity index (χ2n) is 3.23. The highest BCUT2D eigenvalue weighted by molar-refractivity contribution is 5.85. The van der Waals surface area contributed by atoms with E-state index < -0.39 is 5.97 Å². The minimum atomic E-state index is -0.841. The van der Waals surface area contributed by atoms with Crippen LogP contribution in [0.3, 0.4) is 0 Å². The van der Waals surface area contributed by atoms with Crippen molar-refractivity contribution in [1.29, 1.82) is 0 Å². The van der Waals surface area contributed by atoms with E-state index in [0.717, 1.165) is 0 Å². The summed E-state index contributed by atoms with van der Waals surface area (Å²) in [4.78, 5) is 12.5. The number of carbonyl (C=O) groups is 1. The minimum Gasteiger partial charge on any atom is -0.478 e. The molecule has 1 N–H and O–H groups in total. The lowest BCUT2D eigenvalue weighted by Gasteiger charge is -2.18. The van der Waals surface area contributed by atoms with Crippen molar-refractivity contribution in [3.63, 3.8) is 0 Å². The fourth-order valence-electron chi connectivity index (χ4n) is 0.579. The standard InChI is InChI=1S/C9H17NO2/c1-7(2)10(4)6-5-8(3)9(11)12/h5,7H,6H2,1-4H3,(H,11,12). The molecule has 0 aliphatic heterocycles. The molecule has 0 aliphatic rings. The van der Waals surface area contributed by atoms with Gasteiger partial charge in [-0.15, -0.1) is 0 Å². The maximum Gasteiger partial charge on any atom is 0.330 e. The average Bonchev–Trinajstić information content (AvgIpc) is 1.98. The SMILES string of the molecule is CC(=CCN(C)C(C)C)C(=O)O. The normalized spacial score (nSPS) is 12.7. The monoisotopic (exact) mass is 171 g/mol. The molecule has 12 heavy (non-hydrogen) atoms. The van der Waals surface area contributed by atoms with Gasteiger partial charge in [0.2, 0.25) is 0 Å². The summed E-state index contributed by atoms with van der Waals surface area (Å²) >= 11 is 0. The van der Waals surface area contributed by atoms with Crippen LogP contribution in [0.1, 0.15) is 20.8 Å². The maximum absolute atomic E-state index is 10.4. The molecule has 70 valence electrons. The van der Waals surface area contributed by atoms with Crippen LogP contribution >= 0.6 is 0 Å². The van der Waals surface area contributed by atoms with Gasteiger partial charge in [-0.1, -0.05) is 6.08 Å². The Bertz CT molecular complexity index is 185.